The number of halogens is 2. The van der Waals surface area contributed by atoms with Crippen LogP contribution in [0.4, 0.5) is 8.78 Å². The molecule has 1 heterocycles. The molecule has 5 heteroatoms. The SMILES string of the molecule is CC1CC2(c3ccccc3)CC(CC(C)(C(=O)N3CCC(N)C(C)(C)C3)C2)C1(C)CC(F)F. The number of hydrogen-bond acceptors (Lipinski definition) is 2. The third-order valence-electron chi connectivity index (χ3n) is 9.91. The molecule has 2 bridgehead atoms. The standard InChI is InChI=1S/C28H42F2N2O/c1-19-13-28(20-9-7-6-8-10-20)15-21(27(19,5)16-23(29)30)14-26(4,17-28)24(33)32-12-11-22(31)25(2,3)18-32/h6-10,19,21-23H,11-18,31H2,1-5H3. The number of likely N-dealkylation sites (tertiary alicyclic amines) is 1. The molecule has 1 aromatic carbocycles. The number of hydrogen-bond donors (Lipinski definition) is 1. The maximum Gasteiger partial charge on any atom is 0.239 e. The minimum atomic E-state index is -2.32. The van der Waals surface area contributed by atoms with Crippen molar-refractivity contribution in [1.29, 1.82) is 0 Å². The van der Waals surface area contributed by atoms with E-state index in [1.54, 1.807) is 0 Å². The van der Waals surface area contributed by atoms with Gasteiger partial charge in [-0.2, -0.15) is 0 Å². The second-order valence-electron chi connectivity index (χ2n) is 12.8. The van der Waals surface area contributed by atoms with Crippen molar-refractivity contribution in [3.05, 3.63) is 35.9 Å². The monoisotopic (exact) mass is 460 g/mol. The summed E-state index contributed by atoms with van der Waals surface area (Å²) in [6, 6.07) is 10.6. The van der Waals surface area contributed by atoms with Crippen LogP contribution in [0.5, 0.6) is 0 Å². The van der Waals surface area contributed by atoms with Crippen molar-refractivity contribution >= 4 is 5.91 Å². The lowest BCUT2D eigenvalue weighted by atomic mass is 9.43. The average molecular weight is 461 g/mol. The first-order valence-electron chi connectivity index (χ1n) is 12.7. The Morgan fingerprint density at radius 3 is 2.39 bits per heavy atom. The quantitative estimate of drug-likeness (QED) is 0.597. The van der Waals surface area contributed by atoms with Crippen LogP contribution in [0.1, 0.15) is 78.7 Å². The molecule has 0 spiro atoms. The molecular weight excluding hydrogens is 418 g/mol. The zero-order valence-corrected chi connectivity index (χ0v) is 21.0. The van der Waals surface area contributed by atoms with Crippen LogP contribution in [-0.2, 0) is 10.2 Å². The lowest BCUT2D eigenvalue weighted by Gasteiger charge is -2.62. The van der Waals surface area contributed by atoms with Crippen molar-refractivity contribution in [3.8, 4) is 0 Å². The Bertz CT molecular complexity index is 870. The maximum absolute atomic E-state index is 14.1. The molecule has 3 aliphatic rings. The highest BCUT2D eigenvalue weighted by Gasteiger charge is 2.60. The third kappa shape index (κ3) is 4.24. The molecule has 1 aromatic rings. The van der Waals surface area contributed by atoms with Gasteiger partial charge >= 0.3 is 0 Å². The first-order chi connectivity index (χ1) is 15.3. The average Bonchev–Trinajstić information content (AvgIpc) is 2.74. The number of alkyl halides is 2. The van der Waals surface area contributed by atoms with E-state index >= 15 is 0 Å². The summed E-state index contributed by atoms with van der Waals surface area (Å²) in [7, 11) is 0. The maximum atomic E-state index is 14.1. The fourth-order valence-corrected chi connectivity index (χ4v) is 7.74. The summed E-state index contributed by atoms with van der Waals surface area (Å²) < 4.78 is 27.5. The van der Waals surface area contributed by atoms with Crippen LogP contribution in [0.3, 0.4) is 0 Å². The van der Waals surface area contributed by atoms with Crippen LogP contribution < -0.4 is 5.73 Å². The van der Waals surface area contributed by atoms with Gasteiger partial charge in [-0.3, -0.25) is 4.79 Å². The number of fused-ring (bicyclic) bond motifs is 2. The van der Waals surface area contributed by atoms with Crippen LogP contribution in [0.2, 0.25) is 0 Å². The summed E-state index contributed by atoms with van der Waals surface area (Å²) in [6.07, 6.45) is 1.63. The van der Waals surface area contributed by atoms with Gasteiger partial charge in [-0.15, -0.1) is 0 Å². The number of carbonyl (C=O) groups excluding carboxylic acids is 1. The van der Waals surface area contributed by atoms with Gasteiger partial charge in [-0.05, 0) is 65.7 Å². The molecule has 2 saturated carbocycles. The number of benzene rings is 1. The lowest BCUT2D eigenvalue weighted by Crippen LogP contribution is -2.61. The first kappa shape index (κ1) is 24.6. The molecule has 0 radical (unpaired) electrons. The topological polar surface area (TPSA) is 46.3 Å². The van der Waals surface area contributed by atoms with E-state index < -0.39 is 17.3 Å². The fourth-order valence-electron chi connectivity index (χ4n) is 7.74. The number of piperidine rings is 1. The molecule has 3 nitrogen and oxygen atoms in total. The van der Waals surface area contributed by atoms with Crippen LogP contribution in [-0.4, -0.2) is 36.4 Å². The second-order valence-corrected chi connectivity index (χ2v) is 12.8. The molecule has 1 saturated heterocycles. The summed E-state index contributed by atoms with van der Waals surface area (Å²) in [5, 5.41) is 0. The summed E-state index contributed by atoms with van der Waals surface area (Å²) in [5.41, 5.74) is 6.33. The minimum absolute atomic E-state index is 0.0838. The number of amides is 1. The smallest absolute Gasteiger partial charge is 0.239 e. The molecule has 4 rings (SSSR count). The van der Waals surface area contributed by atoms with E-state index in [9.17, 15) is 13.6 Å². The molecule has 1 amide bonds. The minimum Gasteiger partial charge on any atom is -0.342 e. The largest absolute Gasteiger partial charge is 0.342 e. The van der Waals surface area contributed by atoms with Crippen molar-refractivity contribution in [2.75, 3.05) is 13.1 Å². The number of carbonyl (C=O) groups is 1. The van der Waals surface area contributed by atoms with E-state index in [2.05, 4.69) is 58.9 Å². The highest BCUT2D eigenvalue weighted by atomic mass is 19.3. The molecular formula is C28H42F2N2O. The van der Waals surface area contributed by atoms with Gasteiger partial charge < -0.3 is 10.6 Å². The molecule has 184 valence electrons. The van der Waals surface area contributed by atoms with E-state index in [0.717, 1.165) is 25.7 Å². The van der Waals surface area contributed by atoms with E-state index in [-0.39, 0.29) is 41.0 Å². The van der Waals surface area contributed by atoms with Gasteiger partial charge in [0, 0.05) is 31.0 Å². The van der Waals surface area contributed by atoms with Gasteiger partial charge in [0.2, 0.25) is 12.3 Å². The van der Waals surface area contributed by atoms with Crippen LogP contribution >= 0.6 is 0 Å². The predicted octanol–water partition coefficient (Wildman–Crippen LogP) is 6.02. The fraction of sp³-hybridized carbons (Fsp3) is 0.750. The van der Waals surface area contributed by atoms with Gasteiger partial charge in [0.05, 0.1) is 0 Å². The van der Waals surface area contributed by atoms with E-state index in [0.29, 0.717) is 19.5 Å². The summed E-state index contributed by atoms with van der Waals surface area (Å²) in [6.45, 7) is 12.0. The Balaban J connectivity index is 1.72. The van der Waals surface area contributed by atoms with Crippen LogP contribution in [0.15, 0.2) is 30.3 Å². The van der Waals surface area contributed by atoms with Crippen molar-refractivity contribution in [1.82, 2.24) is 4.90 Å². The Morgan fingerprint density at radius 1 is 1.12 bits per heavy atom. The summed E-state index contributed by atoms with van der Waals surface area (Å²) in [4.78, 5) is 16.2. The van der Waals surface area contributed by atoms with Crippen LogP contribution in [0, 0.1) is 28.1 Å². The predicted molar refractivity (Wildman–Crippen MR) is 129 cm³/mol. The number of nitrogens with zero attached hydrogens (tertiary/aromatic N) is 1. The van der Waals surface area contributed by atoms with Crippen LogP contribution in [0.25, 0.3) is 0 Å². The Hall–Kier alpha value is -1.49. The molecule has 3 fully saturated rings. The second kappa shape index (κ2) is 8.32. The Labute approximate surface area is 198 Å². The molecule has 33 heavy (non-hydrogen) atoms. The lowest BCUT2D eigenvalue weighted by molar-refractivity contribution is -0.158. The molecule has 6 atom stereocenters. The molecule has 1 aliphatic heterocycles. The Morgan fingerprint density at radius 2 is 1.79 bits per heavy atom. The number of rotatable bonds is 4. The van der Waals surface area contributed by atoms with E-state index in [1.165, 1.54) is 5.56 Å². The van der Waals surface area contributed by atoms with Gasteiger partial charge in [0.1, 0.15) is 0 Å². The highest BCUT2D eigenvalue weighted by Crippen LogP contribution is 2.65. The van der Waals surface area contributed by atoms with Crippen molar-refractivity contribution in [2.45, 2.75) is 91.0 Å². The van der Waals surface area contributed by atoms with E-state index in [1.807, 2.05) is 11.0 Å². The normalized spacial score (nSPS) is 40.6. The molecule has 2 N–H and O–H groups in total. The zero-order chi connectivity index (χ0) is 24.2. The molecule has 0 aromatic heterocycles. The van der Waals surface area contributed by atoms with Crippen molar-refractivity contribution < 1.29 is 13.6 Å². The third-order valence-corrected chi connectivity index (χ3v) is 9.91. The van der Waals surface area contributed by atoms with Crippen molar-refractivity contribution in [3.63, 3.8) is 0 Å². The summed E-state index contributed by atoms with van der Waals surface area (Å²) in [5.74, 6) is 0.469. The number of nitrogens with two attached hydrogens (primary N) is 1. The first-order valence-corrected chi connectivity index (χ1v) is 12.7. The van der Waals surface area contributed by atoms with Crippen molar-refractivity contribution in [2.24, 2.45) is 33.8 Å². The van der Waals surface area contributed by atoms with Gasteiger partial charge in [0.25, 0.3) is 0 Å². The summed E-state index contributed by atoms with van der Waals surface area (Å²) >= 11 is 0. The van der Waals surface area contributed by atoms with E-state index in [4.69, 9.17) is 5.73 Å². The van der Waals surface area contributed by atoms with Gasteiger partial charge in [0.15, 0.2) is 0 Å². The van der Waals surface area contributed by atoms with Gasteiger partial charge in [-0.1, -0.05) is 65.0 Å². The molecule has 6 unspecified atom stereocenters. The molecule has 2 aliphatic carbocycles. The zero-order valence-electron chi connectivity index (χ0n) is 21.0. The highest BCUT2D eigenvalue weighted by molar-refractivity contribution is 5.83. The van der Waals surface area contributed by atoms with Gasteiger partial charge in [-0.25, -0.2) is 8.78 Å². The Kier molecular flexibility index (Phi) is 6.21.